The van der Waals surface area contributed by atoms with Gasteiger partial charge in [-0.3, -0.25) is 0 Å². The van der Waals surface area contributed by atoms with Crippen molar-refractivity contribution in [1.29, 1.82) is 0 Å². The highest BCUT2D eigenvalue weighted by Crippen LogP contribution is 2.44. The van der Waals surface area contributed by atoms with Gasteiger partial charge in [-0.1, -0.05) is 53.4 Å². The lowest BCUT2D eigenvalue weighted by atomic mass is 9.64. The largest absolute Gasteiger partial charge is 0.316 e. The molecule has 2 saturated carbocycles. The van der Waals surface area contributed by atoms with E-state index in [0.29, 0.717) is 0 Å². The summed E-state index contributed by atoms with van der Waals surface area (Å²) in [5, 5.41) is 3.77. The molecule has 2 rings (SSSR count). The summed E-state index contributed by atoms with van der Waals surface area (Å²) >= 11 is 0. The van der Waals surface area contributed by atoms with Crippen molar-refractivity contribution in [3.63, 3.8) is 0 Å². The highest BCUT2D eigenvalue weighted by Gasteiger charge is 2.36. The van der Waals surface area contributed by atoms with Crippen LogP contribution in [0.1, 0.15) is 79.1 Å². The Morgan fingerprint density at radius 2 is 1.71 bits per heavy atom. The molecule has 124 valence electrons. The Labute approximate surface area is 133 Å². The number of rotatable bonds is 6. The average Bonchev–Trinajstić information content (AvgIpc) is 2.48. The Bertz CT molecular complexity index is 278. The first kappa shape index (κ1) is 17.3. The van der Waals surface area contributed by atoms with Crippen molar-refractivity contribution in [2.75, 3.05) is 13.1 Å². The van der Waals surface area contributed by atoms with Crippen LogP contribution in [0.15, 0.2) is 0 Å². The molecule has 0 heterocycles. The summed E-state index contributed by atoms with van der Waals surface area (Å²) in [5.41, 5.74) is 0. The van der Waals surface area contributed by atoms with E-state index < -0.39 is 0 Å². The molecule has 3 unspecified atom stereocenters. The summed E-state index contributed by atoms with van der Waals surface area (Å²) in [6.07, 6.45) is 11.9. The minimum absolute atomic E-state index is 0.783. The lowest BCUT2D eigenvalue weighted by Gasteiger charge is -2.43. The first-order chi connectivity index (χ1) is 10.1. The third-order valence-corrected chi connectivity index (χ3v) is 6.36. The summed E-state index contributed by atoms with van der Waals surface area (Å²) in [6.45, 7) is 12.0. The lowest BCUT2D eigenvalue weighted by molar-refractivity contribution is 0.0843. The molecule has 0 aromatic heterocycles. The fourth-order valence-corrected chi connectivity index (χ4v) is 4.83. The SMILES string of the molecule is CCC1CCC(CNCC(C)C)C(C2CCC(C)CC2)C1. The van der Waals surface area contributed by atoms with Crippen molar-refractivity contribution >= 4 is 0 Å². The molecule has 2 aliphatic carbocycles. The van der Waals surface area contributed by atoms with Crippen LogP contribution >= 0.6 is 0 Å². The van der Waals surface area contributed by atoms with Crippen LogP contribution in [-0.2, 0) is 0 Å². The predicted molar refractivity (Wildman–Crippen MR) is 93.4 cm³/mol. The van der Waals surface area contributed by atoms with Gasteiger partial charge in [-0.15, -0.1) is 0 Å². The highest BCUT2D eigenvalue weighted by atomic mass is 14.9. The first-order valence-electron chi connectivity index (χ1n) is 9.80. The van der Waals surface area contributed by atoms with Gasteiger partial charge in [0.05, 0.1) is 0 Å². The van der Waals surface area contributed by atoms with Crippen molar-refractivity contribution in [1.82, 2.24) is 5.32 Å². The van der Waals surface area contributed by atoms with Crippen LogP contribution in [0.3, 0.4) is 0 Å². The van der Waals surface area contributed by atoms with Gasteiger partial charge in [-0.25, -0.2) is 0 Å². The van der Waals surface area contributed by atoms with E-state index >= 15 is 0 Å². The number of hydrogen-bond acceptors (Lipinski definition) is 1. The quantitative estimate of drug-likeness (QED) is 0.681. The Kier molecular flexibility index (Phi) is 7.05. The van der Waals surface area contributed by atoms with Crippen LogP contribution < -0.4 is 5.32 Å². The second-order valence-electron chi connectivity index (χ2n) is 8.58. The minimum Gasteiger partial charge on any atom is -0.316 e. The molecule has 0 spiro atoms. The summed E-state index contributed by atoms with van der Waals surface area (Å²) < 4.78 is 0. The fourth-order valence-electron chi connectivity index (χ4n) is 4.83. The van der Waals surface area contributed by atoms with Crippen LogP contribution in [0.2, 0.25) is 0 Å². The Morgan fingerprint density at radius 3 is 2.33 bits per heavy atom. The summed E-state index contributed by atoms with van der Waals surface area (Å²) in [5.74, 6) is 5.83. The molecule has 2 aliphatic rings. The molecule has 1 N–H and O–H groups in total. The maximum absolute atomic E-state index is 3.77. The second-order valence-corrected chi connectivity index (χ2v) is 8.58. The van der Waals surface area contributed by atoms with Gasteiger partial charge in [0, 0.05) is 0 Å². The molecule has 0 aliphatic heterocycles. The molecule has 0 aromatic carbocycles. The van der Waals surface area contributed by atoms with Crippen molar-refractivity contribution < 1.29 is 0 Å². The first-order valence-corrected chi connectivity index (χ1v) is 9.80. The van der Waals surface area contributed by atoms with Gasteiger partial charge in [-0.2, -0.15) is 0 Å². The van der Waals surface area contributed by atoms with Crippen LogP contribution in [0.25, 0.3) is 0 Å². The van der Waals surface area contributed by atoms with Gasteiger partial charge >= 0.3 is 0 Å². The summed E-state index contributed by atoms with van der Waals surface area (Å²) in [4.78, 5) is 0. The molecular formula is C20H39N. The predicted octanol–water partition coefficient (Wildman–Crippen LogP) is 5.50. The molecule has 0 amide bonds. The van der Waals surface area contributed by atoms with E-state index in [9.17, 15) is 0 Å². The molecule has 21 heavy (non-hydrogen) atoms. The zero-order valence-corrected chi connectivity index (χ0v) is 15.0. The molecule has 0 aromatic rings. The van der Waals surface area contributed by atoms with Crippen molar-refractivity contribution in [2.24, 2.45) is 35.5 Å². The van der Waals surface area contributed by atoms with Crippen molar-refractivity contribution in [3.8, 4) is 0 Å². The Balaban J connectivity index is 1.89. The average molecular weight is 294 g/mol. The fraction of sp³-hybridized carbons (Fsp3) is 1.00. The summed E-state index contributed by atoms with van der Waals surface area (Å²) in [7, 11) is 0. The van der Waals surface area contributed by atoms with Gasteiger partial charge in [0.2, 0.25) is 0 Å². The Morgan fingerprint density at radius 1 is 1.00 bits per heavy atom. The molecule has 3 atom stereocenters. The van der Waals surface area contributed by atoms with E-state index in [1.54, 1.807) is 0 Å². The number of hydrogen-bond donors (Lipinski definition) is 1. The molecule has 0 bridgehead atoms. The van der Waals surface area contributed by atoms with Gasteiger partial charge in [0.15, 0.2) is 0 Å². The van der Waals surface area contributed by atoms with Crippen LogP contribution in [0, 0.1) is 35.5 Å². The van der Waals surface area contributed by atoms with Crippen LogP contribution in [-0.4, -0.2) is 13.1 Å². The van der Waals surface area contributed by atoms with E-state index in [1.807, 2.05) is 0 Å². The van der Waals surface area contributed by atoms with E-state index in [4.69, 9.17) is 0 Å². The normalized spacial score (nSPS) is 37.9. The third-order valence-electron chi connectivity index (χ3n) is 6.36. The zero-order chi connectivity index (χ0) is 15.2. The zero-order valence-electron chi connectivity index (χ0n) is 15.0. The van der Waals surface area contributed by atoms with Crippen LogP contribution in [0.5, 0.6) is 0 Å². The van der Waals surface area contributed by atoms with E-state index in [0.717, 1.165) is 35.5 Å². The van der Waals surface area contributed by atoms with Gasteiger partial charge in [-0.05, 0) is 74.3 Å². The maximum atomic E-state index is 3.77. The van der Waals surface area contributed by atoms with Gasteiger partial charge in [0.25, 0.3) is 0 Å². The topological polar surface area (TPSA) is 12.0 Å². The lowest BCUT2D eigenvalue weighted by Crippen LogP contribution is -2.38. The van der Waals surface area contributed by atoms with Gasteiger partial charge in [0.1, 0.15) is 0 Å². The molecule has 2 fully saturated rings. The van der Waals surface area contributed by atoms with Crippen molar-refractivity contribution in [3.05, 3.63) is 0 Å². The smallest absolute Gasteiger partial charge is 0.00176 e. The minimum atomic E-state index is 0.783. The standard InChI is InChI=1S/C20H39N/c1-5-17-8-11-19(14-21-13-15(2)3)20(12-17)18-9-6-16(4)7-10-18/h15-21H,5-14H2,1-4H3. The number of nitrogens with one attached hydrogen (secondary N) is 1. The molecule has 1 nitrogen and oxygen atoms in total. The molecular weight excluding hydrogens is 254 g/mol. The van der Waals surface area contributed by atoms with Crippen LogP contribution in [0.4, 0.5) is 0 Å². The highest BCUT2D eigenvalue weighted by molar-refractivity contribution is 4.87. The molecule has 0 saturated heterocycles. The van der Waals surface area contributed by atoms with Gasteiger partial charge < -0.3 is 5.32 Å². The maximum Gasteiger partial charge on any atom is -0.00176 e. The second kappa shape index (κ2) is 8.56. The monoisotopic (exact) mass is 293 g/mol. The Hall–Kier alpha value is -0.0400. The molecule has 1 heteroatoms. The van der Waals surface area contributed by atoms with E-state index in [-0.39, 0.29) is 0 Å². The summed E-state index contributed by atoms with van der Waals surface area (Å²) in [6, 6.07) is 0. The van der Waals surface area contributed by atoms with E-state index in [1.165, 1.54) is 64.5 Å². The van der Waals surface area contributed by atoms with E-state index in [2.05, 4.69) is 33.0 Å². The van der Waals surface area contributed by atoms with Crippen molar-refractivity contribution in [2.45, 2.75) is 79.1 Å². The molecule has 0 radical (unpaired) electrons. The third kappa shape index (κ3) is 5.27.